The van der Waals surface area contributed by atoms with Crippen molar-refractivity contribution in [2.45, 2.75) is 13.8 Å². The van der Waals surface area contributed by atoms with Crippen LogP contribution < -0.4 is 5.32 Å². The Morgan fingerprint density at radius 2 is 1.79 bits per heavy atom. The summed E-state index contributed by atoms with van der Waals surface area (Å²) in [4.78, 5) is 13.5. The third-order valence-corrected chi connectivity index (χ3v) is 4.44. The summed E-state index contributed by atoms with van der Waals surface area (Å²) in [5.74, 6) is 1.74. The van der Waals surface area contributed by atoms with Crippen molar-refractivity contribution in [3.63, 3.8) is 0 Å². The fraction of sp³-hybridized carbons (Fsp3) is 0.0952. The maximum Gasteiger partial charge on any atom is 0.184 e. The van der Waals surface area contributed by atoms with Gasteiger partial charge in [-0.05, 0) is 55.5 Å². The number of benzene rings is 2. The van der Waals surface area contributed by atoms with Gasteiger partial charge in [0.15, 0.2) is 17.3 Å². The second-order valence-electron chi connectivity index (χ2n) is 6.30. The summed E-state index contributed by atoms with van der Waals surface area (Å²) in [7, 11) is 0. The number of para-hydroxylation sites is 1. The molecule has 4 rings (SSSR count). The average molecular weight is 393 g/mol. The smallest absolute Gasteiger partial charge is 0.184 e. The van der Waals surface area contributed by atoms with E-state index in [2.05, 4.69) is 15.5 Å². The first-order valence-corrected chi connectivity index (χ1v) is 9.06. The summed E-state index contributed by atoms with van der Waals surface area (Å²) in [6.45, 7) is 3.36. The van der Waals surface area contributed by atoms with E-state index in [1.54, 1.807) is 24.3 Å². The van der Waals surface area contributed by atoms with Gasteiger partial charge in [0, 0.05) is 17.5 Å². The van der Waals surface area contributed by atoms with Crippen LogP contribution >= 0.6 is 11.6 Å². The summed E-state index contributed by atoms with van der Waals surface area (Å²) in [6.07, 6.45) is 0. The zero-order valence-corrected chi connectivity index (χ0v) is 16.1. The van der Waals surface area contributed by atoms with E-state index in [0.717, 1.165) is 22.8 Å². The minimum absolute atomic E-state index is 0.186. The lowest BCUT2D eigenvalue weighted by atomic mass is 10.1. The first kappa shape index (κ1) is 18.0. The van der Waals surface area contributed by atoms with E-state index in [1.165, 1.54) is 11.7 Å². The van der Waals surface area contributed by atoms with Gasteiger partial charge in [-0.15, -0.1) is 15.0 Å². The van der Waals surface area contributed by atoms with Crippen molar-refractivity contribution in [1.82, 2.24) is 15.0 Å². The Labute approximate surface area is 166 Å². The highest BCUT2D eigenvalue weighted by atomic mass is 35.5. The first-order chi connectivity index (χ1) is 13.5. The van der Waals surface area contributed by atoms with E-state index in [1.807, 2.05) is 43.3 Å². The van der Waals surface area contributed by atoms with Crippen molar-refractivity contribution < 1.29 is 9.21 Å². The van der Waals surface area contributed by atoms with Gasteiger partial charge in [-0.25, -0.2) is 0 Å². The number of anilines is 2. The predicted octanol–water partition coefficient (Wildman–Crippen LogP) is 5.44. The Bertz CT molecular complexity index is 1150. The van der Waals surface area contributed by atoms with Crippen molar-refractivity contribution in [2.24, 2.45) is 0 Å². The van der Waals surface area contributed by atoms with Gasteiger partial charge < -0.3 is 9.73 Å². The molecule has 4 aromatic rings. The molecule has 0 aliphatic rings. The van der Waals surface area contributed by atoms with Gasteiger partial charge >= 0.3 is 0 Å². The van der Waals surface area contributed by atoms with Crippen LogP contribution in [0.2, 0.25) is 5.02 Å². The van der Waals surface area contributed by atoms with Gasteiger partial charge in [0.25, 0.3) is 0 Å². The van der Waals surface area contributed by atoms with Gasteiger partial charge in [0.1, 0.15) is 11.5 Å². The number of halogens is 1. The van der Waals surface area contributed by atoms with E-state index >= 15 is 0 Å². The molecule has 0 saturated carbocycles. The van der Waals surface area contributed by atoms with Crippen LogP contribution in [0, 0.1) is 6.92 Å². The number of hydrogen-bond donors (Lipinski definition) is 1. The Morgan fingerprint density at radius 3 is 2.46 bits per heavy atom. The lowest BCUT2D eigenvalue weighted by Gasteiger charge is -2.08. The van der Waals surface area contributed by atoms with E-state index in [0.29, 0.717) is 16.5 Å². The lowest BCUT2D eigenvalue weighted by molar-refractivity contribution is 0.101. The molecule has 2 heterocycles. The van der Waals surface area contributed by atoms with Crippen molar-refractivity contribution >= 4 is 28.9 Å². The largest absolute Gasteiger partial charge is 0.461 e. The molecule has 0 aliphatic heterocycles. The van der Waals surface area contributed by atoms with Gasteiger partial charge in [-0.1, -0.05) is 23.7 Å². The van der Waals surface area contributed by atoms with E-state index in [9.17, 15) is 4.79 Å². The topological polar surface area (TPSA) is 73.0 Å². The molecule has 0 fully saturated rings. The molecule has 2 aromatic carbocycles. The Balaban J connectivity index is 1.74. The number of rotatable bonds is 5. The van der Waals surface area contributed by atoms with Crippen molar-refractivity contribution in [3.8, 4) is 17.0 Å². The molecule has 1 N–H and O–H groups in total. The van der Waals surface area contributed by atoms with Crippen molar-refractivity contribution in [3.05, 3.63) is 77.1 Å². The summed E-state index contributed by atoms with van der Waals surface area (Å²) >= 11 is 5.95. The Hall–Kier alpha value is -3.38. The molecule has 0 amide bonds. The summed E-state index contributed by atoms with van der Waals surface area (Å²) in [6, 6.07) is 18.6. The third kappa shape index (κ3) is 3.54. The molecule has 0 atom stereocenters. The quantitative estimate of drug-likeness (QED) is 0.458. The highest BCUT2D eigenvalue weighted by molar-refractivity contribution is 6.30. The zero-order valence-electron chi connectivity index (χ0n) is 15.3. The van der Waals surface area contributed by atoms with Crippen molar-refractivity contribution in [1.29, 1.82) is 0 Å². The number of Topliss-reactive ketones (excluding diaryl/α,β-unsaturated/α-hetero) is 1. The average Bonchev–Trinajstić information content (AvgIpc) is 3.29. The summed E-state index contributed by atoms with van der Waals surface area (Å²) in [5, 5.41) is 12.7. The number of carbonyl (C=O) groups excluding carboxylic acids is 1. The molecule has 0 unspecified atom stereocenters. The number of nitrogens with one attached hydrogen (secondary N) is 1. The number of ketones is 1. The minimum atomic E-state index is -0.186. The minimum Gasteiger partial charge on any atom is -0.461 e. The molecule has 0 bridgehead atoms. The monoisotopic (exact) mass is 392 g/mol. The maximum absolute atomic E-state index is 12.1. The molecule has 6 nitrogen and oxygen atoms in total. The van der Waals surface area contributed by atoms with Crippen LogP contribution in [-0.4, -0.2) is 20.8 Å². The summed E-state index contributed by atoms with van der Waals surface area (Å²) < 4.78 is 5.75. The normalized spacial score (nSPS) is 10.8. The number of aromatic nitrogens is 3. The molecule has 7 heteroatoms. The van der Waals surface area contributed by atoms with Crippen LogP contribution in [0.4, 0.5) is 11.5 Å². The van der Waals surface area contributed by atoms with Crippen LogP contribution in [0.3, 0.4) is 0 Å². The molecule has 0 spiro atoms. The van der Waals surface area contributed by atoms with Crippen LogP contribution in [0.5, 0.6) is 0 Å². The highest BCUT2D eigenvalue weighted by Crippen LogP contribution is 2.32. The second-order valence-corrected chi connectivity index (χ2v) is 6.74. The highest BCUT2D eigenvalue weighted by Gasteiger charge is 2.18. The zero-order chi connectivity index (χ0) is 19.7. The third-order valence-electron chi connectivity index (χ3n) is 4.19. The number of hydrogen-bond acceptors (Lipinski definition) is 5. The Morgan fingerprint density at radius 1 is 1.04 bits per heavy atom. The number of furan rings is 1. The van der Waals surface area contributed by atoms with Crippen LogP contribution in [0.25, 0.3) is 17.0 Å². The Kier molecular flexibility index (Phi) is 4.71. The van der Waals surface area contributed by atoms with E-state index in [-0.39, 0.29) is 11.5 Å². The lowest BCUT2D eigenvalue weighted by Crippen LogP contribution is -2.01. The molecule has 140 valence electrons. The van der Waals surface area contributed by atoms with E-state index < -0.39 is 0 Å². The van der Waals surface area contributed by atoms with Crippen LogP contribution in [0.1, 0.15) is 23.2 Å². The predicted molar refractivity (Wildman–Crippen MR) is 109 cm³/mol. The van der Waals surface area contributed by atoms with Crippen LogP contribution in [-0.2, 0) is 0 Å². The number of aryl methyl sites for hydroxylation is 1. The van der Waals surface area contributed by atoms with Gasteiger partial charge in [0.05, 0.1) is 11.4 Å². The molecule has 0 radical (unpaired) electrons. The SMILES string of the molecule is CC(=O)c1nn(-c2ccc(Cl)cc2)nc1Nc1ccccc1-c1ccc(C)o1. The number of nitrogens with zero attached hydrogens (tertiary/aromatic N) is 3. The summed E-state index contributed by atoms with van der Waals surface area (Å²) in [5.41, 5.74) is 2.59. The van der Waals surface area contributed by atoms with Gasteiger partial charge in [-0.3, -0.25) is 4.79 Å². The molecule has 0 aliphatic carbocycles. The fourth-order valence-corrected chi connectivity index (χ4v) is 2.96. The fourth-order valence-electron chi connectivity index (χ4n) is 2.83. The molecule has 2 aromatic heterocycles. The molecular formula is C21H17ClN4O2. The maximum atomic E-state index is 12.1. The van der Waals surface area contributed by atoms with E-state index in [4.69, 9.17) is 16.0 Å². The first-order valence-electron chi connectivity index (χ1n) is 8.68. The van der Waals surface area contributed by atoms with Gasteiger partial charge in [0.2, 0.25) is 0 Å². The molecule has 0 saturated heterocycles. The second kappa shape index (κ2) is 7.32. The molecule has 28 heavy (non-hydrogen) atoms. The number of carbonyl (C=O) groups is 1. The van der Waals surface area contributed by atoms with Crippen molar-refractivity contribution in [2.75, 3.05) is 5.32 Å². The van der Waals surface area contributed by atoms with Crippen LogP contribution in [0.15, 0.2) is 65.1 Å². The molecular weight excluding hydrogens is 376 g/mol. The standard InChI is InChI=1S/C21H17ClN4O2/c1-13-7-12-19(28-13)17-5-3-4-6-18(17)23-21-20(14(2)27)24-26(25-21)16-10-8-15(22)9-11-16/h3-12H,1-2H3,(H,23,25). The van der Waals surface area contributed by atoms with Gasteiger partial charge in [-0.2, -0.15) is 0 Å².